The molecule has 0 aromatic carbocycles. The second-order valence-corrected chi connectivity index (χ2v) is 4.23. The Morgan fingerprint density at radius 2 is 2.05 bits per heavy atom. The van der Waals surface area contributed by atoms with Gasteiger partial charge in [-0.2, -0.15) is 0 Å². The molecule has 9 N–H and O–H groups in total. The summed E-state index contributed by atoms with van der Waals surface area (Å²) < 4.78 is 4.96. The van der Waals surface area contributed by atoms with Crippen molar-refractivity contribution in [3.05, 3.63) is 17.6 Å². The molecule has 0 saturated heterocycles. The fourth-order valence-electron chi connectivity index (χ4n) is 1.73. The molecule has 5 atom stereocenters. The Kier molecular flexibility index (Phi) is 8.69. The van der Waals surface area contributed by atoms with E-state index in [1.54, 1.807) is 0 Å². The fourth-order valence-corrected chi connectivity index (χ4v) is 1.73. The Hall–Kier alpha value is -0.438. The molecule has 21 heavy (non-hydrogen) atoms. The van der Waals surface area contributed by atoms with Gasteiger partial charge in [-0.1, -0.05) is 6.04 Å². The summed E-state index contributed by atoms with van der Waals surface area (Å²) in [5.74, 6) is -2.33. The molecule has 1 radical (unpaired) electrons. The summed E-state index contributed by atoms with van der Waals surface area (Å²) in [7, 11) is 0. The number of aliphatic carboxylic acids is 1. The van der Waals surface area contributed by atoms with Gasteiger partial charge in [0.15, 0.2) is 5.96 Å². The van der Waals surface area contributed by atoms with Crippen molar-refractivity contribution in [1.82, 2.24) is 0 Å². The second kappa shape index (κ2) is 8.87. The van der Waals surface area contributed by atoms with E-state index in [-0.39, 0.29) is 50.0 Å². The molecule has 0 unspecified atom stereocenters. The first-order valence-corrected chi connectivity index (χ1v) is 5.66. The molecule has 0 amide bonds. The third-order valence-corrected chi connectivity index (χ3v) is 2.73. The summed E-state index contributed by atoms with van der Waals surface area (Å²) in [4.78, 5) is 14.6. The van der Waals surface area contributed by atoms with Crippen molar-refractivity contribution < 1.29 is 74.0 Å². The van der Waals surface area contributed by atoms with Crippen molar-refractivity contribution in [1.29, 1.82) is 0 Å². The van der Waals surface area contributed by atoms with E-state index >= 15 is 0 Å². The summed E-state index contributed by atoms with van der Waals surface area (Å²) in [6, 6.07) is -2.30. The molecule has 0 bridgehead atoms. The third-order valence-electron chi connectivity index (χ3n) is 2.73. The van der Waals surface area contributed by atoms with Crippen LogP contribution in [-0.4, -0.2) is 69.4 Å². The SMILES string of the molecule is [Ac].[NH-][C@H]1[C@H]([C@H](O)[C@H](O)CO)OC(C(=O)O)=C[C@@H]1N=C(N)N. The summed E-state index contributed by atoms with van der Waals surface area (Å²) in [5, 5.41) is 36.8. The quantitative estimate of drug-likeness (QED) is 0.166. The zero-order valence-electron chi connectivity index (χ0n) is 11.0. The number of rotatable bonds is 5. The number of aliphatic hydroxyl groups excluding tert-OH is 3. The molecule has 0 aromatic heterocycles. The number of hydrogen-bond donors (Lipinski definition) is 6. The van der Waals surface area contributed by atoms with Gasteiger partial charge in [-0.25, -0.2) is 9.79 Å². The molecular weight excluding hydrogens is 499 g/mol. The average Bonchev–Trinajstić information content (AvgIpc) is 2.38. The summed E-state index contributed by atoms with van der Waals surface area (Å²) in [6.45, 7) is -0.771. The minimum absolute atomic E-state index is 0. The minimum atomic E-state index is -1.66. The van der Waals surface area contributed by atoms with Crippen molar-refractivity contribution in [3.63, 3.8) is 0 Å². The number of nitrogens with zero attached hydrogens (tertiary/aromatic N) is 1. The van der Waals surface area contributed by atoms with Crippen LogP contribution in [0, 0.1) is 44.1 Å². The monoisotopic (exact) mass is 516 g/mol. The number of guanidine groups is 1. The molecule has 0 aliphatic carbocycles. The molecule has 11 heteroatoms. The van der Waals surface area contributed by atoms with Crippen LogP contribution in [0.5, 0.6) is 0 Å². The van der Waals surface area contributed by atoms with E-state index in [9.17, 15) is 15.0 Å². The van der Waals surface area contributed by atoms with E-state index in [4.69, 9.17) is 32.2 Å². The number of carboxylic acid groups (broad SMARTS) is 1. The number of carboxylic acids is 1. The number of hydrogen-bond acceptors (Lipinski definition) is 6. The first kappa shape index (κ1) is 20.6. The van der Waals surface area contributed by atoms with Crippen LogP contribution in [0.15, 0.2) is 16.8 Å². The molecule has 0 aromatic rings. The Labute approximate surface area is 156 Å². The predicted octanol–water partition coefficient (Wildman–Crippen LogP) is -2.87. The molecule has 1 aliphatic heterocycles. The molecule has 0 fully saturated rings. The molecule has 10 nitrogen and oxygen atoms in total. The van der Waals surface area contributed by atoms with E-state index in [1.165, 1.54) is 0 Å². The van der Waals surface area contributed by atoms with Gasteiger partial charge in [0.2, 0.25) is 5.76 Å². The van der Waals surface area contributed by atoms with Crippen LogP contribution in [0.25, 0.3) is 5.73 Å². The van der Waals surface area contributed by atoms with Gasteiger partial charge in [0, 0.05) is 44.1 Å². The van der Waals surface area contributed by atoms with Crippen molar-refractivity contribution in [2.24, 2.45) is 16.5 Å². The van der Waals surface area contributed by atoms with Gasteiger partial charge in [0.05, 0.1) is 12.6 Å². The van der Waals surface area contributed by atoms with Crippen molar-refractivity contribution in [2.45, 2.75) is 30.4 Å². The average molecular weight is 516 g/mol. The Morgan fingerprint density at radius 3 is 2.48 bits per heavy atom. The van der Waals surface area contributed by atoms with E-state index in [0.717, 1.165) is 6.08 Å². The van der Waals surface area contributed by atoms with Crippen molar-refractivity contribution in [3.8, 4) is 0 Å². The van der Waals surface area contributed by atoms with Gasteiger partial charge in [0.25, 0.3) is 0 Å². The normalized spacial score (nSPS) is 27.4. The smallest absolute Gasteiger partial charge is 0.370 e. The van der Waals surface area contributed by atoms with Gasteiger partial charge < -0.3 is 42.4 Å². The van der Waals surface area contributed by atoms with Crippen LogP contribution < -0.4 is 11.5 Å². The minimum Gasteiger partial charge on any atom is -0.670 e. The molecular formula is C10H17AcN4O6-. The number of nitrogens with two attached hydrogens (primary N) is 2. The van der Waals surface area contributed by atoms with Crippen LogP contribution in [0.1, 0.15) is 0 Å². The Bertz CT molecular complexity index is 428. The number of aliphatic imine (C=N–C) groups is 1. The van der Waals surface area contributed by atoms with Crippen LogP contribution in [-0.2, 0) is 9.53 Å². The maximum atomic E-state index is 10.9. The summed E-state index contributed by atoms with van der Waals surface area (Å²) in [6.07, 6.45) is -3.61. The standard InChI is InChI=1S/C10H17N4O6.Ac/c11-6-3(14-10(12)13)1-5(9(18)19)20-8(6)7(17)4(16)2-15;/h1,3-4,6-8,11,15-17H,2H2,(H,18,19)(H4,12,13,14);/q-1;/t3-,4+,6+,7+,8+;/m0./s1. The maximum Gasteiger partial charge on any atom is 0.370 e. The zero-order valence-corrected chi connectivity index (χ0v) is 15.7. The van der Waals surface area contributed by atoms with E-state index < -0.39 is 48.7 Å². The summed E-state index contributed by atoms with van der Waals surface area (Å²) in [5.41, 5.74) is 18.3. The van der Waals surface area contributed by atoms with Crippen LogP contribution >= 0.6 is 0 Å². The molecule has 0 saturated carbocycles. The maximum absolute atomic E-state index is 10.9. The first-order chi connectivity index (χ1) is 9.27. The third kappa shape index (κ3) is 5.36. The van der Waals surface area contributed by atoms with E-state index in [2.05, 4.69) is 4.99 Å². The van der Waals surface area contributed by atoms with E-state index in [1.807, 2.05) is 0 Å². The predicted molar refractivity (Wildman–Crippen MR) is 67.4 cm³/mol. The molecule has 1 rings (SSSR count). The second-order valence-electron chi connectivity index (χ2n) is 4.23. The topological polar surface area (TPSA) is 195 Å². The van der Waals surface area contributed by atoms with Crippen molar-refractivity contribution in [2.75, 3.05) is 6.61 Å². The van der Waals surface area contributed by atoms with Gasteiger partial charge in [-0.3, -0.25) is 0 Å². The van der Waals surface area contributed by atoms with E-state index in [0.29, 0.717) is 0 Å². The Balaban J connectivity index is 0.00000400. The number of carbonyl (C=O) groups is 1. The molecule has 0 spiro atoms. The van der Waals surface area contributed by atoms with Gasteiger partial charge in [-0.05, 0) is 6.08 Å². The summed E-state index contributed by atoms with van der Waals surface area (Å²) >= 11 is 0. The number of nitrogens with one attached hydrogen (secondary N) is 1. The molecule has 1 heterocycles. The van der Waals surface area contributed by atoms with Gasteiger partial charge in [-0.15, -0.1) is 0 Å². The van der Waals surface area contributed by atoms with Gasteiger partial charge in [0.1, 0.15) is 18.3 Å². The first-order valence-electron chi connectivity index (χ1n) is 5.66. The Morgan fingerprint density at radius 1 is 1.48 bits per heavy atom. The van der Waals surface area contributed by atoms with Crippen LogP contribution in [0.3, 0.4) is 0 Å². The van der Waals surface area contributed by atoms with Crippen molar-refractivity contribution >= 4 is 11.9 Å². The zero-order chi connectivity index (χ0) is 15.4. The van der Waals surface area contributed by atoms with Crippen LogP contribution in [0.4, 0.5) is 0 Å². The van der Waals surface area contributed by atoms with Gasteiger partial charge >= 0.3 is 5.97 Å². The molecule has 1 aliphatic rings. The molecule has 117 valence electrons. The number of aliphatic hydroxyl groups is 3. The fraction of sp³-hybridized carbons (Fsp3) is 0.600. The van der Waals surface area contributed by atoms with Crippen LogP contribution in [0.2, 0.25) is 0 Å². The number of ether oxygens (including phenoxy) is 1. The largest absolute Gasteiger partial charge is 0.670 e.